The van der Waals surface area contributed by atoms with Crippen molar-refractivity contribution in [1.82, 2.24) is 5.32 Å². The molecule has 1 amide bonds. The quantitative estimate of drug-likeness (QED) is 0.728. The summed E-state index contributed by atoms with van der Waals surface area (Å²) in [7, 11) is 1.67. The van der Waals surface area contributed by atoms with E-state index in [9.17, 15) is 4.79 Å². The number of methoxy groups -OCH3 is 1. The lowest BCUT2D eigenvalue weighted by Crippen LogP contribution is -2.64. The highest BCUT2D eigenvalue weighted by Gasteiger charge is 2.46. The summed E-state index contributed by atoms with van der Waals surface area (Å²) in [6.07, 6.45) is 6.42. The molecule has 2 aliphatic carbocycles. The van der Waals surface area contributed by atoms with Crippen LogP contribution in [0, 0.1) is 5.92 Å². The molecule has 16 heavy (non-hydrogen) atoms. The van der Waals surface area contributed by atoms with Crippen molar-refractivity contribution in [3.63, 3.8) is 0 Å². The molecule has 0 aliphatic heterocycles. The molecule has 0 saturated heterocycles. The fraction of sp³-hybridized carbons (Fsp3) is 0.917. The summed E-state index contributed by atoms with van der Waals surface area (Å²) in [5.74, 6) is 0.496. The summed E-state index contributed by atoms with van der Waals surface area (Å²) in [5, 5.41) is 3.40. The summed E-state index contributed by atoms with van der Waals surface area (Å²) in [6, 6.07) is 0. The Kier molecular flexibility index (Phi) is 3.50. The zero-order valence-corrected chi connectivity index (χ0v) is 10.00. The number of hydrogen-bond donors (Lipinski definition) is 2. The molecule has 0 aromatic rings. The zero-order valence-electron chi connectivity index (χ0n) is 10.00. The summed E-state index contributed by atoms with van der Waals surface area (Å²) < 4.78 is 5.46. The number of rotatable bonds is 5. The minimum Gasteiger partial charge on any atom is -0.379 e. The Balaban J connectivity index is 2.06. The number of nitrogens with one attached hydrogen (secondary N) is 1. The highest BCUT2D eigenvalue weighted by Crippen LogP contribution is 2.33. The van der Waals surface area contributed by atoms with Gasteiger partial charge in [-0.1, -0.05) is 12.8 Å². The molecular weight excluding hydrogens is 204 g/mol. The summed E-state index contributed by atoms with van der Waals surface area (Å²) in [4.78, 5) is 11.8. The van der Waals surface area contributed by atoms with Gasteiger partial charge < -0.3 is 15.8 Å². The Morgan fingerprint density at radius 2 is 2.19 bits per heavy atom. The average Bonchev–Trinajstić information content (AvgIpc) is 3.10. The van der Waals surface area contributed by atoms with Crippen molar-refractivity contribution in [1.29, 1.82) is 0 Å². The van der Waals surface area contributed by atoms with Gasteiger partial charge in [-0.2, -0.15) is 0 Å². The van der Waals surface area contributed by atoms with Crippen LogP contribution in [0.15, 0.2) is 0 Å². The zero-order chi connectivity index (χ0) is 11.6. The second-order valence-corrected chi connectivity index (χ2v) is 5.13. The van der Waals surface area contributed by atoms with Crippen LogP contribution in [0.3, 0.4) is 0 Å². The lowest BCUT2D eigenvalue weighted by atomic mass is 9.78. The van der Waals surface area contributed by atoms with Gasteiger partial charge in [-0.25, -0.2) is 0 Å². The monoisotopic (exact) mass is 226 g/mol. The Labute approximate surface area is 96.9 Å². The standard InChI is InChI=1S/C12H22N2O2/c1-16-10-4-2-3-7-12(10,11(13)15)14-8-9-5-6-9/h9-10,14H,2-8H2,1H3,(H2,13,15). The molecule has 4 heteroatoms. The molecule has 2 fully saturated rings. The first kappa shape index (κ1) is 11.9. The Hall–Kier alpha value is -0.610. The van der Waals surface area contributed by atoms with E-state index in [0.717, 1.165) is 38.1 Å². The van der Waals surface area contributed by atoms with E-state index < -0.39 is 5.54 Å². The molecule has 2 unspecified atom stereocenters. The van der Waals surface area contributed by atoms with Crippen molar-refractivity contribution in [3.05, 3.63) is 0 Å². The summed E-state index contributed by atoms with van der Waals surface area (Å²) >= 11 is 0. The molecule has 0 radical (unpaired) electrons. The average molecular weight is 226 g/mol. The third-order valence-corrected chi connectivity index (χ3v) is 3.96. The van der Waals surface area contributed by atoms with Gasteiger partial charge in [0.1, 0.15) is 5.54 Å². The first-order valence-electron chi connectivity index (χ1n) is 6.27. The van der Waals surface area contributed by atoms with Gasteiger partial charge in [-0.15, -0.1) is 0 Å². The van der Waals surface area contributed by atoms with Gasteiger partial charge in [-0.3, -0.25) is 4.79 Å². The number of hydrogen-bond acceptors (Lipinski definition) is 3. The van der Waals surface area contributed by atoms with E-state index in [-0.39, 0.29) is 12.0 Å². The topological polar surface area (TPSA) is 64.3 Å². The van der Waals surface area contributed by atoms with Crippen molar-refractivity contribution < 1.29 is 9.53 Å². The largest absolute Gasteiger partial charge is 0.379 e. The smallest absolute Gasteiger partial charge is 0.240 e. The van der Waals surface area contributed by atoms with Gasteiger partial charge in [0.05, 0.1) is 6.10 Å². The molecule has 0 aromatic heterocycles. The van der Waals surface area contributed by atoms with Gasteiger partial charge in [-0.05, 0) is 38.1 Å². The van der Waals surface area contributed by atoms with Gasteiger partial charge in [0.15, 0.2) is 0 Å². The molecule has 0 spiro atoms. The number of ether oxygens (including phenoxy) is 1. The fourth-order valence-corrected chi connectivity index (χ4v) is 2.68. The third-order valence-electron chi connectivity index (χ3n) is 3.96. The van der Waals surface area contributed by atoms with Crippen LogP contribution in [-0.2, 0) is 9.53 Å². The number of amides is 1. The van der Waals surface area contributed by atoms with Crippen LogP contribution in [0.2, 0.25) is 0 Å². The SMILES string of the molecule is COC1CCCCC1(NCC1CC1)C(N)=O. The Morgan fingerprint density at radius 1 is 1.44 bits per heavy atom. The maximum absolute atomic E-state index is 11.8. The third kappa shape index (κ3) is 2.23. The van der Waals surface area contributed by atoms with Crippen molar-refractivity contribution in [2.75, 3.05) is 13.7 Å². The molecule has 0 bridgehead atoms. The van der Waals surface area contributed by atoms with Crippen molar-refractivity contribution in [2.24, 2.45) is 11.7 Å². The molecule has 0 aromatic carbocycles. The predicted molar refractivity (Wildman–Crippen MR) is 61.9 cm³/mol. The molecule has 2 aliphatic rings. The van der Waals surface area contributed by atoms with E-state index >= 15 is 0 Å². The number of primary amides is 1. The van der Waals surface area contributed by atoms with Crippen LogP contribution in [0.25, 0.3) is 0 Å². The maximum atomic E-state index is 11.8. The van der Waals surface area contributed by atoms with E-state index in [0.29, 0.717) is 0 Å². The molecule has 2 rings (SSSR count). The van der Waals surface area contributed by atoms with Crippen molar-refractivity contribution in [3.8, 4) is 0 Å². The molecule has 2 saturated carbocycles. The van der Waals surface area contributed by atoms with E-state index in [1.807, 2.05) is 0 Å². The number of nitrogens with two attached hydrogens (primary N) is 1. The van der Waals surface area contributed by atoms with Crippen LogP contribution in [0.4, 0.5) is 0 Å². The van der Waals surface area contributed by atoms with E-state index in [2.05, 4.69) is 5.32 Å². The maximum Gasteiger partial charge on any atom is 0.240 e. The first-order valence-corrected chi connectivity index (χ1v) is 6.27. The number of carbonyl (C=O) groups is 1. The first-order chi connectivity index (χ1) is 7.69. The second-order valence-electron chi connectivity index (χ2n) is 5.13. The Bertz CT molecular complexity index is 266. The van der Waals surface area contributed by atoms with Crippen LogP contribution >= 0.6 is 0 Å². The lowest BCUT2D eigenvalue weighted by Gasteiger charge is -2.41. The van der Waals surface area contributed by atoms with E-state index in [1.165, 1.54) is 12.8 Å². The van der Waals surface area contributed by atoms with Crippen molar-refractivity contribution in [2.45, 2.75) is 50.2 Å². The minimum atomic E-state index is -0.615. The predicted octanol–water partition coefficient (Wildman–Crippen LogP) is 0.799. The molecule has 4 nitrogen and oxygen atoms in total. The van der Waals surface area contributed by atoms with Crippen LogP contribution < -0.4 is 11.1 Å². The van der Waals surface area contributed by atoms with Crippen LogP contribution in [-0.4, -0.2) is 31.2 Å². The van der Waals surface area contributed by atoms with Gasteiger partial charge >= 0.3 is 0 Å². The van der Waals surface area contributed by atoms with Crippen LogP contribution in [0.5, 0.6) is 0 Å². The highest BCUT2D eigenvalue weighted by atomic mass is 16.5. The molecule has 0 heterocycles. The van der Waals surface area contributed by atoms with Gasteiger partial charge in [0.2, 0.25) is 5.91 Å². The molecule has 2 atom stereocenters. The summed E-state index contributed by atoms with van der Waals surface area (Å²) in [5.41, 5.74) is 4.98. The normalized spacial score (nSPS) is 34.9. The fourth-order valence-electron chi connectivity index (χ4n) is 2.68. The van der Waals surface area contributed by atoms with Gasteiger partial charge in [0, 0.05) is 7.11 Å². The second kappa shape index (κ2) is 4.72. The minimum absolute atomic E-state index is 0.0579. The molecule has 92 valence electrons. The number of carbonyl (C=O) groups excluding carboxylic acids is 1. The highest BCUT2D eigenvalue weighted by molar-refractivity contribution is 5.85. The Morgan fingerprint density at radius 3 is 2.75 bits per heavy atom. The molecule has 3 N–H and O–H groups in total. The molecular formula is C12H22N2O2. The van der Waals surface area contributed by atoms with Crippen LogP contribution in [0.1, 0.15) is 38.5 Å². The summed E-state index contributed by atoms with van der Waals surface area (Å²) in [6.45, 7) is 0.906. The lowest BCUT2D eigenvalue weighted by molar-refractivity contribution is -0.133. The van der Waals surface area contributed by atoms with E-state index in [1.54, 1.807) is 7.11 Å². The van der Waals surface area contributed by atoms with Gasteiger partial charge in [0.25, 0.3) is 0 Å². The van der Waals surface area contributed by atoms with E-state index in [4.69, 9.17) is 10.5 Å². The van der Waals surface area contributed by atoms with Crippen molar-refractivity contribution >= 4 is 5.91 Å².